The maximum Gasteiger partial charge on any atom is 0.380 e. The Morgan fingerprint density at radius 3 is 1.64 bits per heavy atom. The smallest absolute Gasteiger partial charge is 0.380 e. The molecule has 0 fully saturated rings. The number of aliphatic carboxylic acids is 1. The minimum Gasteiger partial charge on any atom is -0.477 e. The van der Waals surface area contributed by atoms with Crippen molar-refractivity contribution in [2.24, 2.45) is 0 Å². The van der Waals surface area contributed by atoms with E-state index in [-0.39, 0.29) is 11.1 Å². The molecule has 0 spiro atoms. The van der Waals surface area contributed by atoms with Crippen molar-refractivity contribution >= 4 is 17.9 Å². The van der Waals surface area contributed by atoms with Gasteiger partial charge >= 0.3 is 23.8 Å². The summed E-state index contributed by atoms with van der Waals surface area (Å²) in [5, 5.41) is 8.62. The topological polar surface area (TPSA) is 89.9 Å². The number of carboxylic acid groups (broad SMARTS) is 1. The van der Waals surface area contributed by atoms with Crippen molar-refractivity contribution in [3.05, 3.63) is 35.4 Å². The molecule has 0 bridgehead atoms. The zero-order valence-electron chi connectivity index (χ0n) is 14.6. The number of ether oxygens (including phenoxy) is 2. The van der Waals surface area contributed by atoms with Gasteiger partial charge in [0.15, 0.2) is 5.60 Å². The predicted molar refractivity (Wildman–Crippen MR) is 83.7 cm³/mol. The lowest BCUT2D eigenvalue weighted by atomic mass is 10.00. The second kappa shape index (κ2) is 6.78. The lowest BCUT2D eigenvalue weighted by molar-refractivity contribution is -0.200. The van der Waals surface area contributed by atoms with Gasteiger partial charge < -0.3 is 14.6 Å². The Kier molecular flexibility index (Phi) is 5.57. The summed E-state index contributed by atoms with van der Waals surface area (Å²) in [5.41, 5.74) is -3.93. The van der Waals surface area contributed by atoms with Gasteiger partial charge in [0.1, 0.15) is 5.60 Å². The van der Waals surface area contributed by atoms with Crippen LogP contribution in [0.25, 0.3) is 0 Å². The van der Waals surface area contributed by atoms with Crippen LogP contribution in [0, 0.1) is 0 Å². The molecular weight excluding hydrogens is 338 g/mol. The molecule has 1 aromatic rings. The van der Waals surface area contributed by atoms with E-state index in [1.165, 1.54) is 24.3 Å². The highest BCUT2D eigenvalue weighted by atomic mass is 19.3. The van der Waals surface area contributed by atoms with Crippen LogP contribution in [0.4, 0.5) is 8.78 Å². The highest BCUT2D eigenvalue weighted by Gasteiger charge is 2.57. The standard InChI is InChI=1S/C17H20F2O6/c1-15(2,3)24-12(20)10-8-6-7-9-11(10)13(21)25-16(4,5)17(18,19)14(22)23/h6-9H,1-5H3,(H,22,23). The molecule has 0 aliphatic carbocycles. The molecule has 0 radical (unpaired) electrons. The monoisotopic (exact) mass is 358 g/mol. The third-order valence-electron chi connectivity index (χ3n) is 3.14. The number of carboxylic acids is 1. The van der Waals surface area contributed by atoms with Gasteiger partial charge in [0.2, 0.25) is 0 Å². The Hall–Kier alpha value is -2.51. The van der Waals surface area contributed by atoms with E-state index in [2.05, 4.69) is 0 Å². The Bertz CT molecular complexity index is 689. The molecule has 0 aliphatic rings. The van der Waals surface area contributed by atoms with E-state index in [1.54, 1.807) is 20.8 Å². The van der Waals surface area contributed by atoms with Crippen molar-refractivity contribution in [2.75, 3.05) is 0 Å². The van der Waals surface area contributed by atoms with Crippen LogP contribution >= 0.6 is 0 Å². The van der Waals surface area contributed by atoms with Gasteiger partial charge in [0.05, 0.1) is 11.1 Å². The Morgan fingerprint density at radius 2 is 1.28 bits per heavy atom. The van der Waals surface area contributed by atoms with Crippen molar-refractivity contribution < 1.29 is 37.7 Å². The number of halogens is 2. The van der Waals surface area contributed by atoms with Gasteiger partial charge in [0, 0.05) is 0 Å². The van der Waals surface area contributed by atoms with Crippen LogP contribution in [0.15, 0.2) is 24.3 Å². The second-order valence-electron chi connectivity index (χ2n) is 6.83. The molecule has 138 valence electrons. The highest BCUT2D eigenvalue weighted by molar-refractivity contribution is 6.03. The molecule has 0 atom stereocenters. The van der Waals surface area contributed by atoms with Crippen LogP contribution < -0.4 is 0 Å². The number of benzene rings is 1. The van der Waals surface area contributed by atoms with E-state index in [4.69, 9.17) is 14.6 Å². The fourth-order valence-corrected chi connectivity index (χ4v) is 1.78. The molecule has 6 nitrogen and oxygen atoms in total. The summed E-state index contributed by atoms with van der Waals surface area (Å²) in [6.45, 7) is 6.43. The molecule has 0 aliphatic heterocycles. The van der Waals surface area contributed by atoms with Crippen molar-refractivity contribution in [3.63, 3.8) is 0 Å². The van der Waals surface area contributed by atoms with Gasteiger partial charge in [-0.1, -0.05) is 12.1 Å². The quantitative estimate of drug-likeness (QED) is 0.813. The van der Waals surface area contributed by atoms with E-state index in [1.807, 2.05) is 0 Å². The summed E-state index contributed by atoms with van der Waals surface area (Å²) >= 11 is 0. The molecule has 1 N–H and O–H groups in total. The molecule has 0 aromatic heterocycles. The Balaban J connectivity index is 3.16. The minimum atomic E-state index is -4.32. The lowest BCUT2D eigenvalue weighted by Gasteiger charge is -2.30. The molecule has 0 heterocycles. The van der Waals surface area contributed by atoms with Gasteiger partial charge in [-0.2, -0.15) is 8.78 Å². The molecule has 25 heavy (non-hydrogen) atoms. The molecule has 0 saturated heterocycles. The molecule has 1 aromatic carbocycles. The summed E-state index contributed by atoms with van der Waals surface area (Å²) < 4.78 is 37.3. The zero-order valence-corrected chi connectivity index (χ0v) is 14.6. The maximum absolute atomic E-state index is 13.7. The number of alkyl halides is 2. The molecule has 0 amide bonds. The van der Waals surface area contributed by atoms with E-state index in [0.29, 0.717) is 0 Å². The van der Waals surface area contributed by atoms with E-state index >= 15 is 0 Å². The fourth-order valence-electron chi connectivity index (χ4n) is 1.78. The molecule has 1 rings (SSSR count). The summed E-state index contributed by atoms with van der Waals surface area (Å²) in [5.74, 6) is -8.83. The molecular formula is C17H20F2O6. The number of hydrogen-bond donors (Lipinski definition) is 1. The first-order chi connectivity index (χ1) is 11.2. The van der Waals surface area contributed by atoms with Crippen LogP contribution in [-0.4, -0.2) is 40.1 Å². The van der Waals surface area contributed by atoms with Gasteiger partial charge in [-0.25, -0.2) is 14.4 Å². The summed E-state index contributed by atoms with van der Waals surface area (Å²) in [6, 6.07) is 5.36. The van der Waals surface area contributed by atoms with Crippen LogP contribution in [0.2, 0.25) is 0 Å². The number of carbonyl (C=O) groups excluding carboxylic acids is 2. The van der Waals surface area contributed by atoms with Crippen molar-refractivity contribution in [3.8, 4) is 0 Å². The number of esters is 2. The van der Waals surface area contributed by atoms with Crippen molar-refractivity contribution in [1.82, 2.24) is 0 Å². The van der Waals surface area contributed by atoms with Crippen LogP contribution in [0.1, 0.15) is 55.3 Å². The third-order valence-corrected chi connectivity index (χ3v) is 3.14. The predicted octanol–water partition coefficient (Wildman–Crippen LogP) is 3.30. The number of rotatable bonds is 5. The zero-order chi connectivity index (χ0) is 19.6. The SMILES string of the molecule is CC(C)(C)OC(=O)c1ccccc1C(=O)OC(C)(C)C(F)(F)C(=O)O. The van der Waals surface area contributed by atoms with Gasteiger partial charge in [-0.05, 0) is 46.8 Å². The fraction of sp³-hybridized carbons (Fsp3) is 0.471. The number of hydrogen-bond acceptors (Lipinski definition) is 5. The van der Waals surface area contributed by atoms with E-state index in [9.17, 15) is 23.2 Å². The summed E-state index contributed by atoms with van der Waals surface area (Å²) in [6.07, 6.45) is 0. The van der Waals surface area contributed by atoms with E-state index in [0.717, 1.165) is 13.8 Å². The molecule has 0 saturated carbocycles. The van der Waals surface area contributed by atoms with Gasteiger partial charge in [-0.3, -0.25) is 0 Å². The highest BCUT2D eigenvalue weighted by Crippen LogP contribution is 2.33. The molecule has 0 unspecified atom stereocenters. The van der Waals surface area contributed by atoms with E-state index < -0.39 is 35.0 Å². The lowest BCUT2D eigenvalue weighted by Crippen LogP contribution is -2.52. The van der Waals surface area contributed by atoms with Crippen molar-refractivity contribution in [1.29, 1.82) is 0 Å². The van der Waals surface area contributed by atoms with Crippen molar-refractivity contribution in [2.45, 2.75) is 51.7 Å². The first kappa shape index (κ1) is 20.5. The largest absolute Gasteiger partial charge is 0.477 e. The van der Waals surface area contributed by atoms with Gasteiger partial charge in [-0.15, -0.1) is 0 Å². The van der Waals surface area contributed by atoms with Crippen LogP contribution in [0.5, 0.6) is 0 Å². The average molecular weight is 358 g/mol. The summed E-state index contributed by atoms with van der Waals surface area (Å²) in [4.78, 5) is 35.2. The Labute approximate surface area is 143 Å². The van der Waals surface area contributed by atoms with Crippen LogP contribution in [0.3, 0.4) is 0 Å². The normalized spacial score (nSPS) is 12.4. The number of carbonyl (C=O) groups is 3. The summed E-state index contributed by atoms with van der Waals surface area (Å²) in [7, 11) is 0. The first-order valence-electron chi connectivity index (χ1n) is 7.36. The minimum absolute atomic E-state index is 0.170. The Morgan fingerprint density at radius 1 is 0.880 bits per heavy atom. The average Bonchev–Trinajstić information content (AvgIpc) is 2.44. The van der Waals surface area contributed by atoms with Crippen LogP contribution in [-0.2, 0) is 14.3 Å². The van der Waals surface area contributed by atoms with Gasteiger partial charge in [0.25, 0.3) is 0 Å². The first-order valence-corrected chi connectivity index (χ1v) is 7.36. The maximum atomic E-state index is 13.7. The third kappa shape index (κ3) is 4.74. The second-order valence-corrected chi connectivity index (χ2v) is 6.83. The molecule has 8 heteroatoms.